The van der Waals surface area contributed by atoms with Crippen molar-refractivity contribution in [2.75, 3.05) is 6.54 Å². The third kappa shape index (κ3) is 3.79. The lowest BCUT2D eigenvalue weighted by Gasteiger charge is -2.41. The van der Waals surface area contributed by atoms with E-state index in [9.17, 15) is 0 Å². The van der Waals surface area contributed by atoms with Gasteiger partial charge in [0.05, 0.1) is 0 Å². The Labute approximate surface area is 127 Å². The van der Waals surface area contributed by atoms with Gasteiger partial charge in [-0.2, -0.15) is 0 Å². The average molecular weight is 295 g/mol. The maximum atomic E-state index is 4.49. The molecule has 0 aromatic carbocycles. The summed E-state index contributed by atoms with van der Waals surface area (Å²) in [5.74, 6) is 0.815. The number of hydrogen-bond acceptors (Lipinski definition) is 3. The first kappa shape index (κ1) is 15.9. The van der Waals surface area contributed by atoms with Crippen LogP contribution in [0, 0.1) is 11.3 Å². The van der Waals surface area contributed by atoms with Gasteiger partial charge in [-0.05, 0) is 37.1 Å². The van der Waals surface area contributed by atoms with Crippen LogP contribution in [0.2, 0.25) is 0 Å². The van der Waals surface area contributed by atoms with Crippen molar-refractivity contribution in [3.8, 4) is 0 Å². The van der Waals surface area contributed by atoms with Gasteiger partial charge in [0.2, 0.25) is 0 Å². The summed E-state index contributed by atoms with van der Waals surface area (Å²) in [5.41, 5.74) is 0.414. The van der Waals surface area contributed by atoms with Crippen LogP contribution in [0.1, 0.15) is 47.0 Å². The van der Waals surface area contributed by atoms with Crippen LogP contribution in [0.25, 0.3) is 0 Å². The van der Waals surface area contributed by atoms with Crippen LogP contribution in [0.3, 0.4) is 0 Å². The fourth-order valence-electron chi connectivity index (χ4n) is 3.14. The molecular formula is C16H29N3S. The van der Waals surface area contributed by atoms with E-state index < -0.39 is 0 Å². The Morgan fingerprint density at radius 1 is 1.40 bits per heavy atom. The van der Waals surface area contributed by atoms with E-state index in [0.29, 0.717) is 16.7 Å². The van der Waals surface area contributed by atoms with E-state index in [4.69, 9.17) is 0 Å². The van der Waals surface area contributed by atoms with E-state index in [1.807, 2.05) is 24.2 Å². The molecule has 0 bridgehead atoms. The highest BCUT2D eigenvalue weighted by Crippen LogP contribution is 2.42. The summed E-state index contributed by atoms with van der Waals surface area (Å²) in [6.07, 6.45) is 7.86. The second-order valence-electron chi connectivity index (χ2n) is 7.02. The van der Waals surface area contributed by atoms with Crippen LogP contribution in [-0.4, -0.2) is 27.4 Å². The van der Waals surface area contributed by atoms with Gasteiger partial charge in [0, 0.05) is 30.7 Å². The van der Waals surface area contributed by atoms with Crippen LogP contribution >= 0.6 is 11.8 Å². The third-order valence-corrected chi connectivity index (χ3v) is 5.94. The molecule has 0 saturated heterocycles. The van der Waals surface area contributed by atoms with Crippen molar-refractivity contribution >= 4 is 11.8 Å². The average Bonchev–Trinajstić information content (AvgIpc) is 2.76. The molecule has 1 aliphatic carbocycles. The molecule has 0 spiro atoms. The van der Waals surface area contributed by atoms with Gasteiger partial charge in [-0.3, -0.25) is 0 Å². The lowest BCUT2D eigenvalue weighted by Crippen LogP contribution is -2.44. The van der Waals surface area contributed by atoms with Crippen LogP contribution in [-0.2, 0) is 7.05 Å². The molecule has 3 unspecified atom stereocenters. The van der Waals surface area contributed by atoms with Crippen LogP contribution in [0.5, 0.6) is 0 Å². The molecule has 1 fully saturated rings. The van der Waals surface area contributed by atoms with E-state index in [0.717, 1.165) is 17.6 Å². The standard InChI is InChI=1S/C16H29N3S/c1-6-17-13-8-7-12(16(2,3)4)11-14(13)20-15-18-9-10-19(15)5/h9-10,12-14,17H,6-8,11H2,1-5H3. The first-order valence-electron chi connectivity index (χ1n) is 7.79. The number of aromatic nitrogens is 2. The van der Waals surface area contributed by atoms with E-state index in [-0.39, 0.29) is 0 Å². The fourth-order valence-corrected chi connectivity index (χ4v) is 4.49. The summed E-state index contributed by atoms with van der Waals surface area (Å²) >= 11 is 1.96. The summed E-state index contributed by atoms with van der Waals surface area (Å²) in [4.78, 5) is 4.49. The summed E-state index contributed by atoms with van der Waals surface area (Å²) in [6, 6.07) is 0.625. The summed E-state index contributed by atoms with van der Waals surface area (Å²) < 4.78 is 2.13. The molecule has 0 radical (unpaired) electrons. The number of imidazole rings is 1. The summed E-state index contributed by atoms with van der Waals surface area (Å²) in [6.45, 7) is 10.4. The number of thioether (sulfide) groups is 1. The van der Waals surface area contributed by atoms with Crippen LogP contribution < -0.4 is 5.32 Å². The number of rotatable bonds is 4. The van der Waals surface area contributed by atoms with E-state index >= 15 is 0 Å². The van der Waals surface area contributed by atoms with Gasteiger partial charge in [-0.25, -0.2) is 4.98 Å². The van der Waals surface area contributed by atoms with Crippen molar-refractivity contribution in [1.29, 1.82) is 0 Å². The number of nitrogens with one attached hydrogen (secondary N) is 1. The van der Waals surface area contributed by atoms with Crippen molar-refractivity contribution in [3.05, 3.63) is 12.4 Å². The molecule has 0 amide bonds. The molecule has 3 atom stereocenters. The number of nitrogens with zero attached hydrogens (tertiary/aromatic N) is 2. The zero-order valence-corrected chi connectivity index (χ0v) is 14.3. The zero-order chi connectivity index (χ0) is 14.8. The maximum Gasteiger partial charge on any atom is 0.167 e. The third-order valence-electron chi connectivity index (χ3n) is 4.52. The normalized spacial score (nSPS) is 27.8. The Bertz CT molecular complexity index is 422. The highest BCUT2D eigenvalue weighted by Gasteiger charge is 2.36. The van der Waals surface area contributed by atoms with Gasteiger partial charge in [0.25, 0.3) is 0 Å². The molecule has 3 nitrogen and oxygen atoms in total. The lowest BCUT2D eigenvalue weighted by molar-refractivity contribution is 0.165. The van der Waals surface area contributed by atoms with Gasteiger partial charge in [-0.1, -0.05) is 39.5 Å². The molecule has 1 saturated carbocycles. The smallest absolute Gasteiger partial charge is 0.167 e. The van der Waals surface area contributed by atoms with E-state index in [1.54, 1.807) is 0 Å². The van der Waals surface area contributed by atoms with Crippen molar-refractivity contribution in [1.82, 2.24) is 14.9 Å². The zero-order valence-electron chi connectivity index (χ0n) is 13.5. The Hall–Kier alpha value is -0.480. The van der Waals surface area contributed by atoms with Crippen molar-refractivity contribution in [2.45, 2.75) is 63.4 Å². The molecule has 1 aliphatic rings. The molecule has 1 aromatic heterocycles. The minimum Gasteiger partial charge on any atom is -0.329 e. The molecule has 4 heteroatoms. The van der Waals surface area contributed by atoms with Gasteiger partial charge in [0.15, 0.2) is 5.16 Å². The van der Waals surface area contributed by atoms with Crippen LogP contribution in [0.4, 0.5) is 0 Å². The Morgan fingerprint density at radius 3 is 2.70 bits per heavy atom. The van der Waals surface area contributed by atoms with Crippen molar-refractivity contribution < 1.29 is 0 Å². The van der Waals surface area contributed by atoms with Gasteiger partial charge < -0.3 is 9.88 Å². The summed E-state index contributed by atoms with van der Waals surface area (Å²) in [5, 5.41) is 5.46. The van der Waals surface area contributed by atoms with Gasteiger partial charge in [0.1, 0.15) is 0 Å². The molecule has 0 aliphatic heterocycles. The number of aryl methyl sites for hydroxylation is 1. The Balaban J connectivity index is 2.08. The second kappa shape index (κ2) is 6.52. The lowest BCUT2D eigenvalue weighted by atomic mass is 9.71. The highest BCUT2D eigenvalue weighted by molar-refractivity contribution is 7.99. The highest BCUT2D eigenvalue weighted by atomic mass is 32.2. The maximum absolute atomic E-state index is 4.49. The van der Waals surface area contributed by atoms with Crippen molar-refractivity contribution in [3.63, 3.8) is 0 Å². The Morgan fingerprint density at radius 2 is 2.15 bits per heavy atom. The topological polar surface area (TPSA) is 29.9 Å². The Kier molecular flexibility index (Phi) is 5.19. The van der Waals surface area contributed by atoms with Gasteiger partial charge in [-0.15, -0.1) is 0 Å². The first-order valence-corrected chi connectivity index (χ1v) is 8.67. The molecule has 20 heavy (non-hydrogen) atoms. The molecule has 1 heterocycles. The monoisotopic (exact) mass is 295 g/mol. The predicted molar refractivity (Wildman–Crippen MR) is 87.1 cm³/mol. The molecular weight excluding hydrogens is 266 g/mol. The molecule has 1 aromatic rings. The molecule has 1 N–H and O–H groups in total. The van der Waals surface area contributed by atoms with Gasteiger partial charge >= 0.3 is 0 Å². The fraction of sp³-hybridized carbons (Fsp3) is 0.812. The SMILES string of the molecule is CCNC1CCC(C(C)(C)C)CC1Sc1nccn1C. The molecule has 114 valence electrons. The minimum absolute atomic E-state index is 0.414. The minimum atomic E-state index is 0.414. The van der Waals surface area contributed by atoms with Crippen LogP contribution in [0.15, 0.2) is 17.6 Å². The quantitative estimate of drug-likeness (QED) is 0.918. The largest absolute Gasteiger partial charge is 0.329 e. The van der Waals surface area contributed by atoms with E-state index in [2.05, 4.69) is 49.6 Å². The predicted octanol–water partition coefficient (Wildman–Crippen LogP) is 3.71. The van der Waals surface area contributed by atoms with E-state index in [1.165, 1.54) is 19.3 Å². The first-order chi connectivity index (χ1) is 9.41. The number of hydrogen-bond donors (Lipinski definition) is 1. The molecule has 2 rings (SSSR count). The van der Waals surface area contributed by atoms with Crippen molar-refractivity contribution in [2.24, 2.45) is 18.4 Å². The second-order valence-corrected chi connectivity index (χ2v) is 8.22. The summed E-state index contributed by atoms with van der Waals surface area (Å²) in [7, 11) is 2.08.